The molecule has 14 heavy (non-hydrogen) atoms. The van der Waals surface area contributed by atoms with Gasteiger partial charge in [-0.3, -0.25) is 4.90 Å². The Bertz CT molecular complexity index is 260. The second-order valence-electron chi connectivity index (χ2n) is 3.70. The maximum atomic E-state index is 5.13. The average molecular weight is 211 g/mol. The molecule has 0 bridgehead atoms. The molecule has 2 nitrogen and oxygen atoms in total. The molecule has 78 valence electrons. The molecule has 0 aromatic carbocycles. The van der Waals surface area contributed by atoms with E-state index < -0.39 is 0 Å². The van der Waals surface area contributed by atoms with Gasteiger partial charge in [0.2, 0.25) is 0 Å². The number of hydrogen-bond donors (Lipinski definition) is 0. The Hall–Kier alpha value is -0.380. The van der Waals surface area contributed by atoms with E-state index in [4.69, 9.17) is 4.74 Å². The average Bonchev–Trinajstić information content (AvgIpc) is 2.84. The summed E-state index contributed by atoms with van der Waals surface area (Å²) in [6.45, 7) is 3.15. The summed E-state index contributed by atoms with van der Waals surface area (Å²) in [5.74, 6) is 0. The van der Waals surface area contributed by atoms with Gasteiger partial charge in [0, 0.05) is 24.6 Å². The van der Waals surface area contributed by atoms with Crippen molar-refractivity contribution in [2.24, 2.45) is 0 Å². The Labute approximate surface area is 89.5 Å². The van der Waals surface area contributed by atoms with Crippen molar-refractivity contribution < 1.29 is 4.74 Å². The van der Waals surface area contributed by atoms with Crippen molar-refractivity contribution in [1.29, 1.82) is 0 Å². The zero-order valence-electron chi connectivity index (χ0n) is 8.61. The van der Waals surface area contributed by atoms with Crippen LogP contribution in [0.1, 0.15) is 23.8 Å². The Morgan fingerprint density at radius 2 is 2.57 bits per heavy atom. The fourth-order valence-corrected chi connectivity index (χ4v) is 3.00. The quantitative estimate of drug-likeness (QED) is 0.759. The van der Waals surface area contributed by atoms with Gasteiger partial charge in [-0.25, -0.2) is 0 Å². The molecule has 0 amide bonds. The molecule has 0 unspecified atom stereocenters. The molecular formula is C11H17NOS. The Kier molecular flexibility index (Phi) is 3.56. The summed E-state index contributed by atoms with van der Waals surface area (Å²) in [4.78, 5) is 4.05. The van der Waals surface area contributed by atoms with Gasteiger partial charge in [0.1, 0.15) is 0 Å². The van der Waals surface area contributed by atoms with Crippen molar-refractivity contribution in [3.05, 3.63) is 22.4 Å². The zero-order valence-corrected chi connectivity index (χ0v) is 9.43. The number of rotatable bonds is 4. The highest BCUT2D eigenvalue weighted by Crippen LogP contribution is 2.33. The molecular weight excluding hydrogens is 194 g/mol. The second-order valence-corrected chi connectivity index (χ2v) is 4.68. The molecule has 3 heteroatoms. The van der Waals surface area contributed by atoms with Crippen LogP contribution in [0.4, 0.5) is 0 Å². The van der Waals surface area contributed by atoms with Gasteiger partial charge in [0.05, 0.1) is 6.61 Å². The Morgan fingerprint density at radius 1 is 1.64 bits per heavy atom. The first-order chi connectivity index (χ1) is 6.92. The number of ether oxygens (including phenoxy) is 1. The third-order valence-corrected chi connectivity index (χ3v) is 3.79. The van der Waals surface area contributed by atoms with E-state index in [0.29, 0.717) is 6.04 Å². The van der Waals surface area contributed by atoms with Gasteiger partial charge in [-0.15, -0.1) is 11.3 Å². The summed E-state index contributed by atoms with van der Waals surface area (Å²) < 4.78 is 5.13. The lowest BCUT2D eigenvalue weighted by molar-refractivity contribution is 0.142. The van der Waals surface area contributed by atoms with Gasteiger partial charge in [0.15, 0.2) is 0 Å². The predicted molar refractivity (Wildman–Crippen MR) is 59.7 cm³/mol. The maximum Gasteiger partial charge on any atom is 0.0589 e. The molecule has 2 heterocycles. The second kappa shape index (κ2) is 4.91. The molecule has 0 saturated carbocycles. The fourth-order valence-electron chi connectivity index (χ4n) is 2.11. The minimum absolute atomic E-state index is 0.658. The van der Waals surface area contributed by atoms with Crippen LogP contribution in [0, 0.1) is 0 Å². The summed E-state index contributed by atoms with van der Waals surface area (Å²) in [5.41, 5.74) is 0. The van der Waals surface area contributed by atoms with E-state index in [2.05, 4.69) is 22.4 Å². The van der Waals surface area contributed by atoms with Gasteiger partial charge in [-0.1, -0.05) is 6.07 Å². The highest BCUT2D eigenvalue weighted by atomic mass is 32.1. The molecule has 0 radical (unpaired) electrons. The SMILES string of the molecule is COCCN1CCC[C@@H]1c1cccs1. The Balaban J connectivity index is 1.97. The topological polar surface area (TPSA) is 12.5 Å². The normalized spacial score (nSPS) is 23.1. The highest BCUT2D eigenvalue weighted by molar-refractivity contribution is 7.10. The Morgan fingerprint density at radius 3 is 3.29 bits per heavy atom. The van der Waals surface area contributed by atoms with Gasteiger partial charge < -0.3 is 4.74 Å². The van der Waals surface area contributed by atoms with Gasteiger partial charge in [0.25, 0.3) is 0 Å². The summed E-state index contributed by atoms with van der Waals surface area (Å²) in [6.07, 6.45) is 2.64. The van der Waals surface area contributed by atoms with Crippen LogP contribution < -0.4 is 0 Å². The third-order valence-electron chi connectivity index (χ3n) is 2.82. The van der Waals surface area contributed by atoms with Crippen molar-refractivity contribution >= 4 is 11.3 Å². The minimum Gasteiger partial charge on any atom is -0.383 e. The van der Waals surface area contributed by atoms with Gasteiger partial charge in [-0.05, 0) is 30.8 Å². The van der Waals surface area contributed by atoms with E-state index in [1.54, 1.807) is 7.11 Å². The lowest BCUT2D eigenvalue weighted by Crippen LogP contribution is -2.26. The van der Waals surface area contributed by atoms with Crippen molar-refractivity contribution in [2.75, 3.05) is 26.8 Å². The van der Waals surface area contributed by atoms with E-state index in [9.17, 15) is 0 Å². The van der Waals surface area contributed by atoms with E-state index in [-0.39, 0.29) is 0 Å². The van der Waals surface area contributed by atoms with E-state index in [1.807, 2.05) is 11.3 Å². The first kappa shape index (κ1) is 10.1. The van der Waals surface area contributed by atoms with Crippen molar-refractivity contribution in [1.82, 2.24) is 4.90 Å². The predicted octanol–water partition coefficient (Wildman–Crippen LogP) is 2.53. The van der Waals surface area contributed by atoms with Crippen LogP contribution in [0.2, 0.25) is 0 Å². The van der Waals surface area contributed by atoms with Crippen LogP contribution in [0.25, 0.3) is 0 Å². The van der Waals surface area contributed by atoms with E-state index >= 15 is 0 Å². The number of hydrogen-bond acceptors (Lipinski definition) is 3. The molecule has 1 aromatic heterocycles. The summed E-state index contributed by atoms with van der Waals surface area (Å²) in [7, 11) is 1.77. The number of thiophene rings is 1. The first-order valence-corrected chi connectivity index (χ1v) is 6.06. The monoisotopic (exact) mass is 211 g/mol. The van der Waals surface area contributed by atoms with Crippen LogP contribution in [0.5, 0.6) is 0 Å². The molecule has 0 N–H and O–H groups in total. The fraction of sp³-hybridized carbons (Fsp3) is 0.636. The lowest BCUT2D eigenvalue weighted by atomic mass is 10.2. The molecule has 0 aliphatic carbocycles. The van der Waals surface area contributed by atoms with Crippen LogP contribution in [0.3, 0.4) is 0 Å². The zero-order chi connectivity index (χ0) is 9.80. The summed E-state index contributed by atoms with van der Waals surface area (Å²) >= 11 is 1.87. The smallest absolute Gasteiger partial charge is 0.0589 e. The molecule has 1 saturated heterocycles. The summed E-state index contributed by atoms with van der Waals surface area (Å²) in [6, 6.07) is 5.05. The van der Waals surface area contributed by atoms with Crippen molar-refractivity contribution in [2.45, 2.75) is 18.9 Å². The first-order valence-electron chi connectivity index (χ1n) is 5.18. The molecule has 1 aliphatic heterocycles. The number of nitrogens with zero attached hydrogens (tertiary/aromatic N) is 1. The molecule has 2 rings (SSSR count). The van der Waals surface area contributed by atoms with E-state index in [1.165, 1.54) is 24.3 Å². The molecule has 1 aliphatic rings. The lowest BCUT2D eigenvalue weighted by Gasteiger charge is -2.22. The van der Waals surface area contributed by atoms with Gasteiger partial charge in [-0.2, -0.15) is 0 Å². The van der Waals surface area contributed by atoms with Crippen molar-refractivity contribution in [3.8, 4) is 0 Å². The van der Waals surface area contributed by atoms with E-state index in [0.717, 1.165) is 13.2 Å². The van der Waals surface area contributed by atoms with Crippen molar-refractivity contribution in [3.63, 3.8) is 0 Å². The van der Waals surface area contributed by atoms with Crippen LogP contribution in [-0.2, 0) is 4.74 Å². The standard InChI is InChI=1S/C11H17NOS/c1-13-8-7-12-6-2-4-10(12)11-5-3-9-14-11/h3,5,9-10H,2,4,6-8H2,1H3/t10-/m1/s1. The molecule has 1 fully saturated rings. The largest absolute Gasteiger partial charge is 0.383 e. The maximum absolute atomic E-state index is 5.13. The number of methoxy groups -OCH3 is 1. The molecule has 0 spiro atoms. The van der Waals surface area contributed by atoms with Crippen LogP contribution in [0.15, 0.2) is 17.5 Å². The molecule has 1 aromatic rings. The highest BCUT2D eigenvalue weighted by Gasteiger charge is 2.25. The minimum atomic E-state index is 0.658. The number of likely N-dealkylation sites (tertiary alicyclic amines) is 1. The summed E-state index contributed by atoms with van der Waals surface area (Å²) in [5, 5.41) is 2.17. The van der Waals surface area contributed by atoms with Crippen LogP contribution in [-0.4, -0.2) is 31.7 Å². The third kappa shape index (κ3) is 2.16. The van der Waals surface area contributed by atoms with Crippen LogP contribution >= 0.6 is 11.3 Å². The molecule has 1 atom stereocenters. The van der Waals surface area contributed by atoms with Gasteiger partial charge >= 0.3 is 0 Å².